The lowest BCUT2D eigenvalue weighted by Gasteiger charge is -2.06. The van der Waals surface area contributed by atoms with Crippen molar-refractivity contribution in [2.45, 2.75) is 11.9 Å². The molecule has 0 aliphatic carbocycles. The van der Waals surface area contributed by atoms with Crippen LogP contribution in [0.5, 0.6) is 0 Å². The Balaban J connectivity index is 2.50. The fraction of sp³-hybridized carbons (Fsp3) is 0.444. The van der Waals surface area contributed by atoms with Gasteiger partial charge in [-0.3, -0.25) is 0 Å². The molecule has 0 spiro atoms. The Morgan fingerprint density at radius 3 is 3.00 bits per heavy atom. The quantitative estimate of drug-likeness (QED) is 0.614. The van der Waals surface area contributed by atoms with E-state index < -0.39 is 0 Å². The van der Waals surface area contributed by atoms with Crippen molar-refractivity contribution >= 4 is 43.6 Å². The third-order valence-electron chi connectivity index (χ3n) is 1.49. The molecule has 13 heavy (non-hydrogen) atoms. The van der Waals surface area contributed by atoms with Crippen molar-refractivity contribution in [3.63, 3.8) is 0 Å². The van der Waals surface area contributed by atoms with E-state index in [0.29, 0.717) is 5.92 Å². The van der Waals surface area contributed by atoms with Gasteiger partial charge in [-0.05, 0) is 34.0 Å². The van der Waals surface area contributed by atoms with E-state index in [1.807, 2.05) is 18.3 Å². The monoisotopic (exact) mass is 323 g/mol. The number of alkyl halides is 1. The minimum atomic E-state index is 0.680. The van der Waals surface area contributed by atoms with Crippen molar-refractivity contribution < 1.29 is 0 Å². The SMILES string of the molecule is CC(CBr)CSc1ncccc1Br. The van der Waals surface area contributed by atoms with Crippen LogP contribution in [0.25, 0.3) is 0 Å². The van der Waals surface area contributed by atoms with Gasteiger partial charge >= 0.3 is 0 Å². The summed E-state index contributed by atoms with van der Waals surface area (Å²) in [6.45, 7) is 2.22. The number of rotatable bonds is 4. The second-order valence-corrected chi connectivity index (χ2v) is 5.37. The lowest BCUT2D eigenvalue weighted by atomic mass is 10.3. The molecule has 1 unspecified atom stereocenters. The fourth-order valence-corrected chi connectivity index (χ4v) is 2.78. The summed E-state index contributed by atoms with van der Waals surface area (Å²) in [4.78, 5) is 4.29. The Morgan fingerprint density at radius 2 is 2.38 bits per heavy atom. The van der Waals surface area contributed by atoms with Gasteiger partial charge in [0.05, 0.1) is 0 Å². The minimum absolute atomic E-state index is 0.680. The summed E-state index contributed by atoms with van der Waals surface area (Å²) < 4.78 is 1.08. The molecule has 1 aromatic rings. The third-order valence-corrected chi connectivity index (χ3v) is 4.83. The molecule has 1 atom stereocenters. The van der Waals surface area contributed by atoms with Crippen LogP contribution in [0.15, 0.2) is 27.8 Å². The smallest absolute Gasteiger partial charge is 0.110 e. The maximum Gasteiger partial charge on any atom is 0.110 e. The molecule has 4 heteroatoms. The van der Waals surface area contributed by atoms with Crippen LogP contribution in [0.1, 0.15) is 6.92 Å². The summed E-state index contributed by atoms with van der Waals surface area (Å²) in [5, 5.41) is 2.13. The van der Waals surface area contributed by atoms with Gasteiger partial charge in [0.25, 0.3) is 0 Å². The van der Waals surface area contributed by atoms with Crippen molar-refractivity contribution in [3.05, 3.63) is 22.8 Å². The zero-order chi connectivity index (χ0) is 9.68. The van der Waals surface area contributed by atoms with E-state index >= 15 is 0 Å². The van der Waals surface area contributed by atoms with Gasteiger partial charge in [-0.15, -0.1) is 11.8 Å². The van der Waals surface area contributed by atoms with E-state index in [-0.39, 0.29) is 0 Å². The molecular formula is C9H11Br2NS. The summed E-state index contributed by atoms with van der Waals surface area (Å²) in [7, 11) is 0. The lowest BCUT2D eigenvalue weighted by Crippen LogP contribution is -1.99. The Labute approximate surface area is 100.0 Å². The predicted octanol–water partition coefficient (Wildman–Crippen LogP) is 3.97. The molecule has 0 saturated heterocycles. The van der Waals surface area contributed by atoms with Crippen LogP contribution in [0.4, 0.5) is 0 Å². The summed E-state index contributed by atoms with van der Waals surface area (Å²) in [6, 6.07) is 3.95. The minimum Gasteiger partial charge on any atom is -0.249 e. The molecule has 0 aliphatic heterocycles. The first-order chi connectivity index (χ1) is 6.24. The first kappa shape index (κ1) is 11.5. The van der Waals surface area contributed by atoms with E-state index in [1.165, 1.54) is 0 Å². The van der Waals surface area contributed by atoms with Crippen molar-refractivity contribution in [3.8, 4) is 0 Å². The highest BCUT2D eigenvalue weighted by molar-refractivity contribution is 9.10. The van der Waals surface area contributed by atoms with Crippen molar-refractivity contribution in [1.82, 2.24) is 4.98 Å². The number of halogens is 2. The number of thioether (sulfide) groups is 1. The van der Waals surface area contributed by atoms with E-state index in [1.54, 1.807) is 11.8 Å². The normalized spacial score (nSPS) is 12.8. The Morgan fingerprint density at radius 1 is 1.62 bits per heavy atom. The van der Waals surface area contributed by atoms with Crippen molar-refractivity contribution in [1.29, 1.82) is 0 Å². The van der Waals surface area contributed by atoms with Gasteiger partial charge in [-0.1, -0.05) is 22.9 Å². The highest BCUT2D eigenvalue weighted by Crippen LogP contribution is 2.26. The number of nitrogens with zero attached hydrogens (tertiary/aromatic N) is 1. The van der Waals surface area contributed by atoms with Gasteiger partial charge in [0.1, 0.15) is 5.03 Å². The summed E-state index contributed by atoms with van der Waals surface area (Å²) >= 11 is 8.73. The van der Waals surface area contributed by atoms with Gasteiger partial charge in [0.15, 0.2) is 0 Å². The molecule has 1 heterocycles. The molecule has 1 rings (SSSR count). The van der Waals surface area contributed by atoms with Gasteiger partial charge in [-0.25, -0.2) is 4.98 Å². The topological polar surface area (TPSA) is 12.9 Å². The van der Waals surface area contributed by atoms with E-state index in [9.17, 15) is 0 Å². The lowest BCUT2D eigenvalue weighted by molar-refractivity contribution is 0.769. The third kappa shape index (κ3) is 4.00. The number of pyridine rings is 1. The standard InChI is InChI=1S/C9H11Br2NS/c1-7(5-10)6-13-9-8(11)3-2-4-12-9/h2-4,7H,5-6H2,1H3. The highest BCUT2D eigenvalue weighted by Gasteiger charge is 2.04. The van der Waals surface area contributed by atoms with Crippen LogP contribution in [-0.2, 0) is 0 Å². The van der Waals surface area contributed by atoms with E-state index in [0.717, 1.165) is 20.6 Å². The molecule has 0 amide bonds. The maximum atomic E-state index is 4.29. The molecule has 72 valence electrons. The predicted molar refractivity (Wildman–Crippen MR) is 65.6 cm³/mol. The zero-order valence-electron chi connectivity index (χ0n) is 7.34. The first-order valence-corrected chi connectivity index (χ1v) is 6.93. The van der Waals surface area contributed by atoms with Crippen molar-refractivity contribution in [2.75, 3.05) is 11.1 Å². The van der Waals surface area contributed by atoms with Gasteiger partial charge in [0, 0.05) is 21.8 Å². The summed E-state index contributed by atoms with van der Waals surface area (Å²) in [6.07, 6.45) is 1.83. The van der Waals surface area contributed by atoms with Crippen LogP contribution in [-0.4, -0.2) is 16.1 Å². The second-order valence-electron chi connectivity index (χ2n) is 2.86. The zero-order valence-corrected chi connectivity index (χ0v) is 11.3. The molecule has 0 fully saturated rings. The van der Waals surface area contributed by atoms with Gasteiger partial charge in [0.2, 0.25) is 0 Å². The molecule has 0 radical (unpaired) electrons. The number of hydrogen-bond donors (Lipinski definition) is 0. The van der Waals surface area contributed by atoms with Gasteiger partial charge < -0.3 is 0 Å². The van der Waals surface area contributed by atoms with Crippen LogP contribution >= 0.6 is 43.6 Å². The van der Waals surface area contributed by atoms with Crippen LogP contribution in [0, 0.1) is 5.92 Å². The summed E-state index contributed by atoms with van der Waals surface area (Å²) in [5.74, 6) is 1.78. The van der Waals surface area contributed by atoms with Gasteiger partial charge in [-0.2, -0.15) is 0 Å². The van der Waals surface area contributed by atoms with Crippen LogP contribution in [0.3, 0.4) is 0 Å². The van der Waals surface area contributed by atoms with Crippen molar-refractivity contribution in [2.24, 2.45) is 5.92 Å². The maximum absolute atomic E-state index is 4.29. The average Bonchev–Trinajstić information content (AvgIpc) is 2.16. The first-order valence-electron chi connectivity index (χ1n) is 4.03. The molecule has 1 aromatic heterocycles. The Bertz CT molecular complexity index is 268. The second kappa shape index (κ2) is 6.04. The van der Waals surface area contributed by atoms with E-state index in [2.05, 4.69) is 43.8 Å². The molecule has 0 bridgehead atoms. The summed E-state index contributed by atoms with van der Waals surface area (Å²) in [5.41, 5.74) is 0. The molecule has 0 N–H and O–H groups in total. The molecule has 0 saturated carbocycles. The van der Waals surface area contributed by atoms with Crippen LogP contribution in [0.2, 0.25) is 0 Å². The molecular weight excluding hydrogens is 314 g/mol. The van der Waals surface area contributed by atoms with Crippen LogP contribution < -0.4 is 0 Å². The fourth-order valence-electron chi connectivity index (χ4n) is 0.743. The highest BCUT2D eigenvalue weighted by atomic mass is 79.9. The number of aromatic nitrogens is 1. The molecule has 0 aromatic carbocycles. The van der Waals surface area contributed by atoms with E-state index in [4.69, 9.17) is 0 Å². The Hall–Kier alpha value is 0.460. The molecule has 1 nitrogen and oxygen atoms in total. The Kier molecular flexibility index (Phi) is 5.36. The molecule has 0 aliphatic rings. The largest absolute Gasteiger partial charge is 0.249 e. The average molecular weight is 325 g/mol. The number of hydrogen-bond acceptors (Lipinski definition) is 2.